The Morgan fingerprint density at radius 1 is 1.33 bits per heavy atom. The molecular weight excluding hydrogens is 302 g/mol. The van der Waals surface area contributed by atoms with Crippen molar-refractivity contribution in [2.75, 3.05) is 26.8 Å². The molecule has 0 aromatic heterocycles. The molecule has 1 aromatic carbocycles. The summed E-state index contributed by atoms with van der Waals surface area (Å²) in [7, 11) is 1.81. The van der Waals surface area contributed by atoms with Crippen molar-refractivity contribution in [1.29, 1.82) is 0 Å². The van der Waals surface area contributed by atoms with Crippen LogP contribution in [0.2, 0.25) is 0 Å². The zero-order chi connectivity index (χ0) is 17.0. The highest BCUT2D eigenvalue weighted by Gasteiger charge is 2.59. The van der Waals surface area contributed by atoms with Gasteiger partial charge in [0.25, 0.3) is 0 Å². The van der Waals surface area contributed by atoms with Crippen LogP contribution >= 0.6 is 0 Å². The van der Waals surface area contributed by atoms with Crippen molar-refractivity contribution >= 4 is 5.96 Å². The molecule has 24 heavy (non-hydrogen) atoms. The minimum atomic E-state index is 0.155. The number of nitrogens with zero attached hydrogens (tertiary/aromatic N) is 1. The second-order valence-corrected chi connectivity index (χ2v) is 7.22. The van der Waals surface area contributed by atoms with Crippen molar-refractivity contribution in [3.8, 4) is 0 Å². The predicted octanol–water partition coefficient (Wildman–Crippen LogP) is 2.18. The Hall–Kier alpha value is -1.59. The molecule has 5 nitrogen and oxygen atoms in total. The van der Waals surface area contributed by atoms with Crippen LogP contribution in [0.5, 0.6) is 0 Å². The van der Waals surface area contributed by atoms with E-state index >= 15 is 0 Å². The summed E-state index contributed by atoms with van der Waals surface area (Å²) in [6.45, 7) is 7.46. The molecule has 132 valence electrons. The zero-order valence-corrected chi connectivity index (χ0v) is 14.9. The quantitative estimate of drug-likeness (QED) is 0.477. The second-order valence-electron chi connectivity index (χ2n) is 7.22. The van der Waals surface area contributed by atoms with Gasteiger partial charge in [0.2, 0.25) is 0 Å². The maximum absolute atomic E-state index is 5.85. The van der Waals surface area contributed by atoms with Crippen LogP contribution in [0.3, 0.4) is 0 Å². The fourth-order valence-electron chi connectivity index (χ4n) is 3.97. The first-order chi connectivity index (χ1) is 11.6. The Morgan fingerprint density at radius 2 is 2.12 bits per heavy atom. The molecule has 0 radical (unpaired) electrons. The van der Waals surface area contributed by atoms with E-state index in [2.05, 4.69) is 41.6 Å². The van der Waals surface area contributed by atoms with Gasteiger partial charge in [0.05, 0.1) is 19.3 Å². The highest BCUT2D eigenvalue weighted by Crippen LogP contribution is 2.51. The lowest BCUT2D eigenvalue weighted by Crippen LogP contribution is -2.68. The summed E-state index contributed by atoms with van der Waals surface area (Å²) in [4.78, 5) is 4.34. The normalized spacial score (nSPS) is 28.1. The Morgan fingerprint density at radius 3 is 2.88 bits per heavy atom. The summed E-state index contributed by atoms with van der Waals surface area (Å²) in [5, 5.41) is 6.92. The van der Waals surface area contributed by atoms with Gasteiger partial charge in [-0.2, -0.15) is 0 Å². The topological polar surface area (TPSA) is 54.9 Å². The minimum absolute atomic E-state index is 0.155. The molecule has 1 aliphatic heterocycles. The molecule has 1 saturated carbocycles. The van der Waals surface area contributed by atoms with Crippen molar-refractivity contribution in [2.45, 2.75) is 39.0 Å². The van der Waals surface area contributed by atoms with Crippen LogP contribution in [0, 0.1) is 11.3 Å². The van der Waals surface area contributed by atoms with E-state index in [4.69, 9.17) is 9.47 Å². The van der Waals surface area contributed by atoms with Gasteiger partial charge >= 0.3 is 0 Å². The Labute approximate surface area is 144 Å². The SMILES string of the molecule is CN=C(NCCOCc1ccccc1)NC1C2CCOC2C1(C)C. The minimum Gasteiger partial charge on any atom is -0.377 e. The fraction of sp³-hybridized carbons (Fsp3) is 0.632. The molecular formula is C19H29N3O2. The number of benzene rings is 1. The van der Waals surface area contributed by atoms with Gasteiger partial charge in [0.15, 0.2) is 5.96 Å². The molecule has 0 spiro atoms. The molecule has 3 rings (SSSR count). The Kier molecular flexibility index (Phi) is 5.41. The average molecular weight is 331 g/mol. The largest absolute Gasteiger partial charge is 0.377 e. The third-order valence-corrected chi connectivity index (χ3v) is 5.27. The first kappa shape index (κ1) is 17.2. The molecule has 3 atom stereocenters. The van der Waals surface area contributed by atoms with E-state index in [-0.39, 0.29) is 5.41 Å². The summed E-state index contributed by atoms with van der Waals surface area (Å²) in [6, 6.07) is 10.6. The van der Waals surface area contributed by atoms with Gasteiger partial charge in [-0.25, -0.2) is 0 Å². The lowest BCUT2D eigenvalue weighted by molar-refractivity contribution is -0.106. The highest BCUT2D eigenvalue weighted by atomic mass is 16.5. The third-order valence-electron chi connectivity index (χ3n) is 5.27. The van der Waals surface area contributed by atoms with Crippen LogP contribution in [0.25, 0.3) is 0 Å². The van der Waals surface area contributed by atoms with Gasteiger partial charge in [-0.1, -0.05) is 44.2 Å². The number of rotatable bonds is 6. The Bertz CT molecular complexity index is 559. The first-order valence-electron chi connectivity index (χ1n) is 8.83. The number of guanidine groups is 1. The summed E-state index contributed by atoms with van der Waals surface area (Å²) in [6.07, 6.45) is 1.53. The monoisotopic (exact) mass is 331 g/mol. The standard InChI is InChI=1S/C19H29N3O2/c1-19(2)16(15-9-11-24-17(15)19)22-18(20-3)21-10-12-23-13-14-7-5-4-6-8-14/h4-8,15-17H,9-13H2,1-3H3,(H2,20,21,22). The molecule has 1 aromatic rings. The maximum Gasteiger partial charge on any atom is 0.191 e. The van der Waals surface area contributed by atoms with Crippen molar-refractivity contribution in [2.24, 2.45) is 16.3 Å². The molecule has 0 amide bonds. The van der Waals surface area contributed by atoms with E-state index in [1.807, 2.05) is 25.2 Å². The van der Waals surface area contributed by atoms with Crippen LogP contribution in [-0.4, -0.2) is 44.9 Å². The summed E-state index contributed by atoms with van der Waals surface area (Å²) < 4.78 is 11.6. The number of fused-ring (bicyclic) bond motifs is 1. The van der Waals surface area contributed by atoms with Gasteiger partial charge in [-0.15, -0.1) is 0 Å². The summed E-state index contributed by atoms with van der Waals surface area (Å²) in [5.74, 6) is 1.45. The number of ether oxygens (including phenoxy) is 2. The maximum atomic E-state index is 5.85. The Balaban J connectivity index is 1.38. The van der Waals surface area contributed by atoms with Gasteiger partial charge in [-0.05, 0) is 12.0 Å². The predicted molar refractivity (Wildman–Crippen MR) is 96.0 cm³/mol. The molecule has 5 heteroatoms. The molecule has 2 aliphatic rings. The van der Waals surface area contributed by atoms with Gasteiger partial charge < -0.3 is 20.1 Å². The number of nitrogens with one attached hydrogen (secondary N) is 2. The number of hydrogen-bond acceptors (Lipinski definition) is 3. The molecule has 1 aliphatic carbocycles. The van der Waals surface area contributed by atoms with E-state index in [1.165, 1.54) is 5.56 Å². The lowest BCUT2D eigenvalue weighted by atomic mass is 9.57. The van der Waals surface area contributed by atoms with E-state index in [0.29, 0.717) is 31.3 Å². The highest BCUT2D eigenvalue weighted by molar-refractivity contribution is 5.80. The first-order valence-corrected chi connectivity index (χ1v) is 8.83. The molecule has 3 unspecified atom stereocenters. The van der Waals surface area contributed by atoms with Crippen molar-refractivity contribution < 1.29 is 9.47 Å². The second kappa shape index (κ2) is 7.53. The zero-order valence-electron chi connectivity index (χ0n) is 14.9. The van der Waals surface area contributed by atoms with Crippen LogP contribution < -0.4 is 10.6 Å². The molecule has 2 fully saturated rings. The summed E-state index contributed by atoms with van der Waals surface area (Å²) >= 11 is 0. The van der Waals surface area contributed by atoms with Crippen LogP contribution in [0.1, 0.15) is 25.8 Å². The van der Waals surface area contributed by atoms with Crippen LogP contribution in [-0.2, 0) is 16.1 Å². The summed E-state index contributed by atoms with van der Waals surface area (Å²) in [5.41, 5.74) is 1.35. The van der Waals surface area contributed by atoms with Crippen molar-refractivity contribution in [3.63, 3.8) is 0 Å². The third kappa shape index (κ3) is 3.57. The van der Waals surface area contributed by atoms with E-state index in [1.54, 1.807) is 0 Å². The average Bonchev–Trinajstić information content (AvgIpc) is 3.05. The molecule has 1 saturated heterocycles. The molecule has 2 N–H and O–H groups in total. The van der Waals surface area contributed by atoms with Crippen LogP contribution in [0.15, 0.2) is 35.3 Å². The van der Waals surface area contributed by atoms with E-state index in [0.717, 1.165) is 25.5 Å². The van der Waals surface area contributed by atoms with Crippen LogP contribution in [0.4, 0.5) is 0 Å². The molecule has 1 heterocycles. The van der Waals surface area contributed by atoms with E-state index < -0.39 is 0 Å². The van der Waals surface area contributed by atoms with E-state index in [9.17, 15) is 0 Å². The number of hydrogen-bond donors (Lipinski definition) is 2. The smallest absolute Gasteiger partial charge is 0.191 e. The fourth-order valence-corrected chi connectivity index (χ4v) is 3.97. The van der Waals surface area contributed by atoms with Crippen molar-refractivity contribution in [3.05, 3.63) is 35.9 Å². The van der Waals surface area contributed by atoms with Gasteiger partial charge in [0, 0.05) is 37.6 Å². The van der Waals surface area contributed by atoms with Gasteiger partial charge in [0.1, 0.15) is 0 Å². The van der Waals surface area contributed by atoms with Gasteiger partial charge in [-0.3, -0.25) is 4.99 Å². The lowest BCUT2D eigenvalue weighted by Gasteiger charge is -2.54. The number of aliphatic imine (C=N–C) groups is 1. The molecule has 0 bridgehead atoms. The van der Waals surface area contributed by atoms with Crippen molar-refractivity contribution in [1.82, 2.24) is 10.6 Å².